The van der Waals surface area contributed by atoms with Gasteiger partial charge in [0, 0.05) is 19.3 Å². The van der Waals surface area contributed by atoms with Gasteiger partial charge < -0.3 is 10.6 Å². The smallest absolute Gasteiger partial charge is 0.0661 e. The van der Waals surface area contributed by atoms with E-state index >= 15 is 0 Å². The quantitative estimate of drug-likeness (QED) is 0.896. The highest BCUT2D eigenvalue weighted by Crippen LogP contribution is 2.40. The minimum absolute atomic E-state index is 0.223. The zero-order valence-corrected chi connectivity index (χ0v) is 12.9. The Bertz CT molecular complexity index is 582. The van der Waals surface area contributed by atoms with Crippen LogP contribution in [0.25, 0.3) is 0 Å². The highest BCUT2D eigenvalue weighted by molar-refractivity contribution is 5.49. The van der Waals surface area contributed by atoms with E-state index in [2.05, 4.69) is 67.4 Å². The molecule has 0 radical (unpaired) electrons. The number of nitrogens with two attached hydrogens (primary N) is 1. The van der Waals surface area contributed by atoms with Crippen molar-refractivity contribution in [3.05, 3.63) is 65.2 Å². The molecule has 21 heavy (non-hydrogen) atoms. The van der Waals surface area contributed by atoms with Crippen LogP contribution in [-0.2, 0) is 0 Å². The number of nitrogens with zero attached hydrogens (tertiary/aromatic N) is 1. The van der Waals surface area contributed by atoms with Gasteiger partial charge in [-0.1, -0.05) is 42.0 Å². The van der Waals surface area contributed by atoms with Gasteiger partial charge in [0.15, 0.2) is 0 Å². The fourth-order valence-electron chi connectivity index (χ4n) is 2.88. The maximum Gasteiger partial charge on any atom is 0.0661 e. The highest BCUT2D eigenvalue weighted by atomic mass is 15.1. The summed E-state index contributed by atoms with van der Waals surface area (Å²) in [6.45, 7) is 2.73. The molecule has 3 rings (SSSR count). The molecule has 0 aromatic heterocycles. The predicted octanol–water partition coefficient (Wildman–Crippen LogP) is 4.01. The Kier molecular flexibility index (Phi) is 3.98. The van der Waals surface area contributed by atoms with Crippen LogP contribution in [0.15, 0.2) is 48.5 Å². The number of hydrogen-bond donors (Lipinski definition) is 1. The molecule has 0 aliphatic heterocycles. The van der Waals surface area contributed by atoms with E-state index in [4.69, 9.17) is 5.73 Å². The fraction of sp³-hybridized carbons (Fsp3) is 0.368. The molecule has 2 heteroatoms. The number of anilines is 1. The average Bonchev–Trinajstić information content (AvgIpc) is 3.34. The van der Waals surface area contributed by atoms with Gasteiger partial charge in [0.2, 0.25) is 0 Å². The number of aryl methyl sites for hydroxylation is 1. The molecule has 1 unspecified atom stereocenters. The number of likely N-dealkylation sites (N-methyl/N-ethyl adjacent to an activating group) is 1. The topological polar surface area (TPSA) is 29.3 Å². The second-order valence-electron chi connectivity index (χ2n) is 6.14. The summed E-state index contributed by atoms with van der Waals surface area (Å²) in [5.74, 6) is 0.810. The third kappa shape index (κ3) is 3.11. The minimum Gasteiger partial charge on any atom is -0.366 e. The Morgan fingerprint density at radius 3 is 2.19 bits per heavy atom. The fourth-order valence-corrected chi connectivity index (χ4v) is 2.88. The SMILES string of the molecule is Cc1ccc(N(C)C(CN)c2ccc(C3CC3)cc2)cc1. The molecule has 0 amide bonds. The van der Waals surface area contributed by atoms with Gasteiger partial charge in [0.25, 0.3) is 0 Å². The summed E-state index contributed by atoms with van der Waals surface area (Å²) in [5.41, 5.74) is 11.3. The van der Waals surface area contributed by atoms with Gasteiger partial charge in [-0.15, -0.1) is 0 Å². The van der Waals surface area contributed by atoms with E-state index in [1.807, 2.05) is 0 Å². The Morgan fingerprint density at radius 1 is 1.05 bits per heavy atom. The molecule has 1 aliphatic rings. The molecule has 1 saturated carbocycles. The van der Waals surface area contributed by atoms with Gasteiger partial charge in [0.05, 0.1) is 6.04 Å². The molecule has 2 nitrogen and oxygen atoms in total. The summed E-state index contributed by atoms with van der Waals surface area (Å²) in [6, 6.07) is 17.9. The van der Waals surface area contributed by atoms with Crippen LogP contribution >= 0.6 is 0 Å². The molecule has 1 atom stereocenters. The van der Waals surface area contributed by atoms with Crippen molar-refractivity contribution in [2.75, 3.05) is 18.5 Å². The van der Waals surface area contributed by atoms with E-state index in [0.717, 1.165) is 5.92 Å². The summed E-state index contributed by atoms with van der Waals surface area (Å²) >= 11 is 0. The van der Waals surface area contributed by atoms with E-state index < -0.39 is 0 Å². The first kappa shape index (κ1) is 14.2. The van der Waals surface area contributed by atoms with Gasteiger partial charge in [-0.3, -0.25) is 0 Å². The monoisotopic (exact) mass is 280 g/mol. The van der Waals surface area contributed by atoms with Crippen molar-refractivity contribution in [1.82, 2.24) is 0 Å². The normalized spacial score (nSPS) is 15.8. The summed E-state index contributed by atoms with van der Waals surface area (Å²) < 4.78 is 0. The minimum atomic E-state index is 0.223. The zero-order chi connectivity index (χ0) is 14.8. The predicted molar refractivity (Wildman–Crippen MR) is 89.8 cm³/mol. The van der Waals surface area contributed by atoms with Crippen LogP contribution in [-0.4, -0.2) is 13.6 Å². The zero-order valence-electron chi connectivity index (χ0n) is 12.9. The Morgan fingerprint density at radius 2 is 1.67 bits per heavy atom. The van der Waals surface area contributed by atoms with E-state index in [0.29, 0.717) is 6.54 Å². The van der Waals surface area contributed by atoms with Crippen molar-refractivity contribution in [3.63, 3.8) is 0 Å². The van der Waals surface area contributed by atoms with Crippen LogP contribution in [0.2, 0.25) is 0 Å². The molecule has 2 N–H and O–H groups in total. The summed E-state index contributed by atoms with van der Waals surface area (Å²) in [7, 11) is 2.12. The molecule has 0 bridgehead atoms. The number of hydrogen-bond acceptors (Lipinski definition) is 2. The van der Waals surface area contributed by atoms with Gasteiger partial charge in [-0.05, 0) is 48.9 Å². The standard InChI is InChI=1S/C19H24N2/c1-14-3-11-18(12-4-14)21(2)19(13-20)17-9-7-16(8-10-17)15-5-6-15/h3-4,7-12,15,19H,5-6,13,20H2,1-2H3. The van der Waals surface area contributed by atoms with E-state index in [1.165, 1.54) is 35.2 Å². The third-order valence-electron chi connectivity index (χ3n) is 4.50. The Balaban J connectivity index is 1.81. The lowest BCUT2D eigenvalue weighted by molar-refractivity contribution is 0.680. The van der Waals surface area contributed by atoms with E-state index in [1.54, 1.807) is 0 Å². The molecule has 2 aromatic carbocycles. The first-order valence-electron chi connectivity index (χ1n) is 7.78. The molecule has 0 spiro atoms. The van der Waals surface area contributed by atoms with E-state index in [9.17, 15) is 0 Å². The van der Waals surface area contributed by atoms with Crippen LogP contribution in [0.5, 0.6) is 0 Å². The van der Waals surface area contributed by atoms with Crippen molar-refractivity contribution in [2.45, 2.75) is 31.7 Å². The molecule has 2 aromatic rings. The largest absolute Gasteiger partial charge is 0.366 e. The van der Waals surface area contributed by atoms with Crippen LogP contribution in [0, 0.1) is 6.92 Å². The first-order chi connectivity index (χ1) is 10.2. The summed E-state index contributed by atoms with van der Waals surface area (Å²) in [5, 5.41) is 0. The Hall–Kier alpha value is -1.80. The van der Waals surface area contributed by atoms with Crippen molar-refractivity contribution < 1.29 is 0 Å². The molecule has 1 aliphatic carbocycles. The van der Waals surface area contributed by atoms with Gasteiger partial charge >= 0.3 is 0 Å². The van der Waals surface area contributed by atoms with Crippen molar-refractivity contribution in [1.29, 1.82) is 0 Å². The second-order valence-corrected chi connectivity index (χ2v) is 6.14. The van der Waals surface area contributed by atoms with Crippen molar-refractivity contribution in [2.24, 2.45) is 5.73 Å². The number of benzene rings is 2. The average molecular weight is 280 g/mol. The second kappa shape index (κ2) is 5.90. The lowest BCUT2D eigenvalue weighted by atomic mass is 10.0. The van der Waals surface area contributed by atoms with Gasteiger partial charge in [-0.25, -0.2) is 0 Å². The van der Waals surface area contributed by atoms with Crippen molar-refractivity contribution >= 4 is 5.69 Å². The molecule has 0 heterocycles. The molecule has 1 fully saturated rings. The first-order valence-corrected chi connectivity index (χ1v) is 7.78. The Labute approximate surface area is 127 Å². The lowest BCUT2D eigenvalue weighted by Crippen LogP contribution is -2.30. The molecule has 110 valence electrons. The highest BCUT2D eigenvalue weighted by Gasteiger charge is 2.24. The van der Waals surface area contributed by atoms with Crippen LogP contribution in [0.1, 0.15) is 41.5 Å². The maximum atomic E-state index is 6.04. The van der Waals surface area contributed by atoms with Crippen LogP contribution in [0.4, 0.5) is 5.69 Å². The van der Waals surface area contributed by atoms with Gasteiger partial charge in [0.1, 0.15) is 0 Å². The van der Waals surface area contributed by atoms with Crippen LogP contribution < -0.4 is 10.6 Å². The molecular formula is C19H24N2. The summed E-state index contributed by atoms with van der Waals surface area (Å²) in [6.07, 6.45) is 2.70. The van der Waals surface area contributed by atoms with Gasteiger partial charge in [-0.2, -0.15) is 0 Å². The van der Waals surface area contributed by atoms with E-state index in [-0.39, 0.29) is 6.04 Å². The maximum absolute atomic E-state index is 6.04. The van der Waals surface area contributed by atoms with Crippen molar-refractivity contribution in [3.8, 4) is 0 Å². The number of rotatable bonds is 5. The summed E-state index contributed by atoms with van der Waals surface area (Å²) in [4.78, 5) is 2.27. The molecular weight excluding hydrogens is 256 g/mol. The van der Waals surface area contributed by atoms with Crippen LogP contribution in [0.3, 0.4) is 0 Å². The molecule has 0 saturated heterocycles. The third-order valence-corrected chi connectivity index (χ3v) is 4.50. The lowest BCUT2D eigenvalue weighted by Gasteiger charge is -2.29.